The second-order valence-corrected chi connectivity index (χ2v) is 4.15. The van der Waals surface area contributed by atoms with Gasteiger partial charge in [0.15, 0.2) is 0 Å². The minimum Gasteiger partial charge on any atom is -0.397 e. The molecule has 21 heavy (non-hydrogen) atoms. The predicted molar refractivity (Wildman–Crippen MR) is 97.7 cm³/mol. The molecule has 0 atom stereocenters. The van der Waals surface area contributed by atoms with Crippen LogP contribution in [0.3, 0.4) is 0 Å². The molecule has 1 rings (SSSR count). The number of hydrogen-bond donors (Lipinski definition) is 2. The Labute approximate surface area is 129 Å². The smallest absolute Gasteiger partial charge is 0.0822 e. The maximum Gasteiger partial charge on any atom is 0.0822 e. The van der Waals surface area contributed by atoms with Crippen LogP contribution in [-0.2, 0) is 0 Å². The number of aliphatic imine (C=N–C) groups is 1. The van der Waals surface area contributed by atoms with Crippen LogP contribution in [0.5, 0.6) is 0 Å². The third kappa shape index (κ3) is 7.46. The molecule has 0 amide bonds. The lowest BCUT2D eigenvalue weighted by Crippen LogP contribution is -2.14. The van der Waals surface area contributed by atoms with Crippen LogP contribution in [0.15, 0.2) is 22.2 Å². The Morgan fingerprint density at radius 3 is 2.10 bits per heavy atom. The second-order valence-electron chi connectivity index (χ2n) is 4.15. The number of nitrogens with zero attached hydrogens (tertiary/aromatic N) is 3. The number of benzene rings is 1. The summed E-state index contributed by atoms with van der Waals surface area (Å²) in [5.41, 5.74) is 15.4. The van der Waals surface area contributed by atoms with E-state index in [1.807, 2.05) is 46.9 Å². The SMILES string of the molecule is CC.CN.CN=C/C(C)=N\N(C)c1cc(C)c(C)cc1N. The van der Waals surface area contributed by atoms with E-state index in [-0.39, 0.29) is 0 Å². The van der Waals surface area contributed by atoms with Gasteiger partial charge in [-0.15, -0.1) is 0 Å². The Balaban J connectivity index is 0. The average molecular weight is 293 g/mol. The first kappa shape index (κ1) is 21.4. The quantitative estimate of drug-likeness (QED) is 0.511. The van der Waals surface area contributed by atoms with Crippen molar-refractivity contribution in [3.8, 4) is 0 Å². The van der Waals surface area contributed by atoms with Gasteiger partial charge in [0.25, 0.3) is 0 Å². The molecule has 5 heteroatoms. The highest BCUT2D eigenvalue weighted by Gasteiger charge is 2.06. The number of rotatable bonds is 3. The number of hydrogen-bond acceptors (Lipinski definition) is 5. The summed E-state index contributed by atoms with van der Waals surface area (Å²) in [6.07, 6.45) is 1.72. The number of nitrogens with two attached hydrogens (primary N) is 2. The van der Waals surface area contributed by atoms with Gasteiger partial charge in [-0.1, -0.05) is 13.8 Å². The van der Waals surface area contributed by atoms with Gasteiger partial charge in [-0.2, -0.15) is 5.10 Å². The van der Waals surface area contributed by atoms with Gasteiger partial charge in [0.2, 0.25) is 0 Å². The highest BCUT2D eigenvalue weighted by molar-refractivity contribution is 6.29. The molecule has 0 saturated carbocycles. The first-order valence-electron chi connectivity index (χ1n) is 7.11. The van der Waals surface area contributed by atoms with E-state index < -0.39 is 0 Å². The number of hydrazone groups is 1. The van der Waals surface area contributed by atoms with Crippen LogP contribution in [0, 0.1) is 13.8 Å². The summed E-state index contributed by atoms with van der Waals surface area (Å²) in [4.78, 5) is 3.92. The second kappa shape index (κ2) is 11.9. The van der Waals surface area contributed by atoms with Gasteiger partial charge in [0.1, 0.15) is 0 Å². The minimum atomic E-state index is 0.737. The highest BCUT2D eigenvalue weighted by Crippen LogP contribution is 2.26. The molecule has 0 spiro atoms. The third-order valence-electron chi connectivity index (χ3n) is 2.62. The zero-order chi connectivity index (χ0) is 17.0. The van der Waals surface area contributed by atoms with Crippen LogP contribution in [0.1, 0.15) is 31.9 Å². The zero-order valence-corrected chi connectivity index (χ0v) is 14.7. The summed E-state index contributed by atoms with van der Waals surface area (Å²) in [6.45, 7) is 10.0. The van der Waals surface area contributed by atoms with Crippen LogP contribution < -0.4 is 16.5 Å². The van der Waals surface area contributed by atoms with E-state index >= 15 is 0 Å². The van der Waals surface area contributed by atoms with Crippen molar-refractivity contribution in [2.45, 2.75) is 34.6 Å². The molecule has 4 N–H and O–H groups in total. The summed E-state index contributed by atoms with van der Waals surface area (Å²) in [7, 11) is 5.11. The Hall–Kier alpha value is -1.88. The summed E-state index contributed by atoms with van der Waals surface area (Å²) in [5.74, 6) is 0. The summed E-state index contributed by atoms with van der Waals surface area (Å²) < 4.78 is 0. The Morgan fingerprint density at radius 1 is 1.14 bits per heavy atom. The molecule has 0 heterocycles. The Morgan fingerprint density at radius 2 is 1.62 bits per heavy atom. The molecule has 0 bridgehead atoms. The Kier molecular flexibility index (Phi) is 12.1. The molecule has 0 aliphatic heterocycles. The van der Waals surface area contributed by atoms with Gasteiger partial charge in [0, 0.05) is 20.3 Å². The fourth-order valence-corrected chi connectivity index (χ4v) is 1.61. The molecule has 0 radical (unpaired) electrons. The fraction of sp³-hybridized carbons (Fsp3) is 0.500. The van der Waals surface area contributed by atoms with Gasteiger partial charge in [0.05, 0.1) is 17.1 Å². The van der Waals surface area contributed by atoms with Gasteiger partial charge >= 0.3 is 0 Å². The zero-order valence-electron chi connectivity index (χ0n) is 14.7. The Bertz CT molecular complexity index is 464. The summed E-state index contributed by atoms with van der Waals surface area (Å²) in [6, 6.07) is 4.02. The van der Waals surface area contributed by atoms with Crippen molar-refractivity contribution in [2.24, 2.45) is 15.8 Å². The van der Waals surface area contributed by atoms with E-state index in [0.29, 0.717) is 0 Å². The molecular formula is C16H31N5. The van der Waals surface area contributed by atoms with Gasteiger partial charge in [-0.25, -0.2) is 0 Å². The van der Waals surface area contributed by atoms with Gasteiger partial charge in [-0.05, 0) is 51.1 Å². The number of anilines is 2. The van der Waals surface area contributed by atoms with Crippen molar-refractivity contribution in [3.05, 3.63) is 23.3 Å². The third-order valence-corrected chi connectivity index (χ3v) is 2.62. The van der Waals surface area contributed by atoms with Crippen molar-refractivity contribution in [2.75, 3.05) is 31.9 Å². The number of aryl methyl sites for hydroxylation is 2. The lowest BCUT2D eigenvalue weighted by Gasteiger charge is -2.17. The van der Waals surface area contributed by atoms with E-state index in [4.69, 9.17) is 5.73 Å². The maximum absolute atomic E-state index is 6.00. The van der Waals surface area contributed by atoms with E-state index in [1.165, 1.54) is 18.2 Å². The van der Waals surface area contributed by atoms with Crippen molar-refractivity contribution in [3.63, 3.8) is 0 Å². The molecule has 0 unspecified atom stereocenters. The van der Waals surface area contributed by atoms with E-state index in [1.54, 1.807) is 18.3 Å². The molecule has 5 nitrogen and oxygen atoms in total. The highest BCUT2D eigenvalue weighted by atomic mass is 15.4. The van der Waals surface area contributed by atoms with Crippen molar-refractivity contribution in [1.29, 1.82) is 0 Å². The van der Waals surface area contributed by atoms with E-state index in [9.17, 15) is 0 Å². The molecule has 0 fully saturated rings. The lowest BCUT2D eigenvalue weighted by atomic mass is 10.1. The maximum atomic E-state index is 6.00. The number of nitrogen functional groups attached to an aromatic ring is 1. The van der Waals surface area contributed by atoms with Crippen molar-refractivity contribution < 1.29 is 0 Å². The molecule has 0 saturated heterocycles. The van der Waals surface area contributed by atoms with Crippen molar-refractivity contribution >= 4 is 23.3 Å². The molecule has 1 aromatic rings. The van der Waals surface area contributed by atoms with Crippen LogP contribution in [0.2, 0.25) is 0 Å². The largest absolute Gasteiger partial charge is 0.397 e. The van der Waals surface area contributed by atoms with Crippen molar-refractivity contribution in [1.82, 2.24) is 0 Å². The van der Waals surface area contributed by atoms with E-state index in [2.05, 4.69) is 22.8 Å². The summed E-state index contributed by atoms with van der Waals surface area (Å²) >= 11 is 0. The molecule has 1 aromatic carbocycles. The standard InChI is InChI=1S/C13H20N4.C2H6.CH5N/c1-9-6-12(14)13(7-10(9)2)17(5)16-11(3)8-15-4;2*1-2/h6-8H,14H2,1-5H3;1-2H3;2H2,1H3/b15-8?,16-11-;;. The van der Waals surface area contributed by atoms with Crippen LogP contribution >= 0.6 is 0 Å². The topological polar surface area (TPSA) is 80.0 Å². The lowest BCUT2D eigenvalue weighted by molar-refractivity contribution is 1.02. The molecule has 0 aliphatic rings. The van der Waals surface area contributed by atoms with E-state index in [0.717, 1.165) is 17.1 Å². The monoisotopic (exact) mass is 293 g/mol. The normalized spacial score (nSPS) is 10.4. The first-order valence-corrected chi connectivity index (χ1v) is 7.11. The molecular weight excluding hydrogens is 262 g/mol. The van der Waals surface area contributed by atoms with Crippen LogP contribution in [0.25, 0.3) is 0 Å². The first-order chi connectivity index (χ1) is 9.95. The van der Waals surface area contributed by atoms with Gasteiger partial charge < -0.3 is 11.5 Å². The average Bonchev–Trinajstić information content (AvgIpc) is 2.47. The fourth-order valence-electron chi connectivity index (χ4n) is 1.61. The van der Waals surface area contributed by atoms with Crippen LogP contribution in [-0.4, -0.2) is 33.1 Å². The summed E-state index contributed by atoms with van der Waals surface area (Å²) in [5, 5.41) is 6.17. The van der Waals surface area contributed by atoms with Gasteiger partial charge in [-0.3, -0.25) is 10.0 Å². The predicted octanol–water partition coefficient (Wildman–Crippen LogP) is 3.00. The molecule has 0 aromatic heterocycles. The molecule has 0 aliphatic carbocycles. The minimum absolute atomic E-state index is 0.737. The van der Waals surface area contributed by atoms with Crippen LogP contribution in [0.4, 0.5) is 11.4 Å². The molecule has 120 valence electrons.